The Morgan fingerprint density at radius 2 is 2.17 bits per heavy atom. The summed E-state index contributed by atoms with van der Waals surface area (Å²) in [6.07, 6.45) is 6.31. The highest BCUT2D eigenvalue weighted by Crippen LogP contribution is 2.32. The van der Waals surface area contributed by atoms with Gasteiger partial charge in [0.05, 0.1) is 11.7 Å². The summed E-state index contributed by atoms with van der Waals surface area (Å²) in [5.74, 6) is 1.24. The van der Waals surface area contributed by atoms with Crippen LogP contribution in [0.4, 0.5) is 0 Å². The smallest absolute Gasteiger partial charge is 0.165 e. The highest BCUT2D eigenvalue weighted by Gasteiger charge is 2.34. The van der Waals surface area contributed by atoms with E-state index in [1.165, 1.54) is 12.8 Å². The van der Waals surface area contributed by atoms with Crippen LogP contribution in [0, 0.1) is 5.92 Å². The van der Waals surface area contributed by atoms with E-state index in [2.05, 4.69) is 0 Å². The molecule has 1 aliphatic carbocycles. The predicted octanol–water partition coefficient (Wildman–Crippen LogP) is 2.05. The van der Waals surface area contributed by atoms with Crippen molar-refractivity contribution in [1.82, 2.24) is 0 Å². The van der Waals surface area contributed by atoms with Crippen molar-refractivity contribution >= 4 is 5.78 Å². The molecule has 0 spiro atoms. The van der Waals surface area contributed by atoms with E-state index < -0.39 is 0 Å². The summed E-state index contributed by atoms with van der Waals surface area (Å²) in [6, 6.07) is 0. The van der Waals surface area contributed by atoms with Crippen molar-refractivity contribution in [2.24, 2.45) is 5.92 Å². The molecule has 66 valence electrons. The van der Waals surface area contributed by atoms with Crippen molar-refractivity contribution in [3.05, 3.63) is 11.8 Å². The lowest BCUT2D eigenvalue weighted by Gasteiger charge is -2.33. The normalized spacial score (nSPS) is 35.1. The van der Waals surface area contributed by atoms with Gasteiger partial charge in [0.2, 0.25) is 0 Å². The maximum Gasteiger partial charge on any atom is 0.165 e. The molecule has 0 radical (unpaired) electrons. The fraction of sp³-hybridized carbons (Fsp3) is 0.700. The molecule has 2 rings (SSSR count). The van der Waals surface area contributed by atoms with Gasteiger partial charge in [-0.2, -0.15) is 0 Å². The average Bonchev–Trinajstić information content (AvgIpc) is 2.04. The number of carbonyl (C=O) groups is 1. The third-order valence-electron chi connectivity index (χ3n) is 2.75. The number of fused-ring (bicyclic) bond motifs is 1. The number of ether oxygens (including phenoxy) is 1. The van der Waals surface area contributed by atoms with Crippen molar-refractivity contribution < 1.29 is 9.53 Å². The Kier molecular flexibility index (Phi) is 1.91. The second-order valence-corrected chi connectivity index (χ2v) is 3.70. The van der Waals surface area contributed by atoms with Crippen LogP contribution in [-0.2, 0) is 9.53 Å². The molecule has 0 aromatic carbocycles. The first-order valence-electron chi connectivity index (χ1n) is 4.66. The Labute approximate surface area is 72.6 Å². The highest BCUT2D eigenvalue weighted by molar-refractivity contribution is 5.93. The Bertz CT molecular complexity index is 230. The maximum absolute atomic E-state index is 11.5. The predicted molar refractivity (Wildman–Crippen MR) is 45.6 cm³/mol. The van der Waals surface area contributed by atoms with Crippen LogP contribution in [0.3, 0.4) is 0 Å². The van der Waals surface area contributed by atoms with E-state index in [4.69, 9.17) is 4.74 Å². The minimum Gasteiger partial charge on any atom is -0.494 e. The second kappa shape index (κ2) is 2.92. The first-order valence-corrected chi connectivity index (χ1v) is 4.66. The third kappa shape index (κ3) is 1.26. The Morgan fingerprint density at radius 3 is 3.00 bits per heavy atom. The minimum absolute atomic E-state index is 0.169. The molecule has 1 saturated carbocycles. The molecule has 0 amide bonds. The van der Waals surface area contributed by atoms with Crippen LogP contribution < -0.4 is 0 Å². The van der Waals surface area contributed by atoms with Gasteiger partial charge in [0, 0.05) is 6.08 Å². The van der Waals surface area contributed by atoms with Gasteiger partial charge < -0.3 is 4.74 Å². The molecule has 0 N–H and O–H groups in total. The van der Waals surface area contributed by atoms with Gasteiger partial charge in [-0.1, -0.05) is 6.42 Å². The Balaban J connectivity index is 2.18. The largest absolute Gasteiger partial charge is 0.494 e. The molecule has 1 aliphatic heterocycles. The summed E-state index contributed by atoms with van der Waals surface area (Å²) < 4.78 is 5.60. The zero-order chi connectivity index (χ0) is 8.55. The number of carbonyl (C=O) groups excluding carboxylic acids is 1. The summed E-state index contributed by atoms with van der Waals surface area (Å²) in [5, 5.41) is 0. The number of allylic oxidation sites excluding steroid dienone is 2. The van der Waals surface area contributed by atoms with Crippen molar-refractivity contribution in [3.63, 3.8) is 0 Å². The topological polar surface area (TPSA) is 26.3 Å². The molecular weight excluding hydrogens is 152 g/mol. The molecule has 0 unspecified atom stereocenters. The second-order valence-electron chi connectivity index (χ2n) is 3.70. The summed E-state index contributed by atoms with van der Waals surface area (Å²) >= 11 is 0. The van der Waals surface area contributed by atoms with Crippen LogP contribution in [0.5, 0.6) is 0 Å². The van der Waals surface area contributed by atoms with Crippen LogP contribution in [-0.4, -0.2) is 11.9 Å². The van der Waals surface area contributed by atoms with Gasteiger partial charge in [-0.3, -0.25) is 4.79 Å². The first kappa shape index (κ1) is 7.84. The van der Waals surface area contributed by atoms with Crippen LogP contribution in [0.15, 0.2) is 11.8 Å². The summed E-state index contributed by atoms with van der Waals surface area (Å²) in [5.41, 5.74) is 0. The summed E-state index contributed by atoms with van der Waals surface area (Å²) in [6.45, 7) is 1.86. The van der Waals surface area contributed by atoms with Crippen LogP contribution in [0.25, 0.3) is 0 Å². The number of hydrogen-bond acceptors (Lipinski definition) is 2. The molecule has 2 heteroatoms. The van der Waals surface area contributed by atoms with Crippen molar-refractivity contribution in [1.29, 1.82) is 0 Å². The number of rotatable bonds is 0. The number of ketones is 1. The Hall–Kier alpha value is -0.790. The first-order chi connectivity index (χ1) is 5.77. The molecule has 1 fully saturated rings. The molecular formula is C10H14O2. The Morgan fingerprint density at radius 1 is 1.42 bits per heavy atom. The summed E-state index contributed by atoms with van der Waals surface area (Å²) in [7, 11) is 0. The van der Waals surface area contributed by atoms with E-state index in [0.29, 0.717) is 0 Å². The van der Waals surface area contributed by atoms with Gasteiger partial charge in [0.25, 0.3) is 0 Å². The molecule has 0 saturated heterocycles. The van der Waals surface area contributed by atoms with E-state index in [0.717, 1.165) is 18.6 Å². The zero-order valence-electron chi connectivity index (χ0n) is 7.38. The van der Waals surface area contributed by atoms with Crippen LogP contribution in [0.1, 0.15) is 32.6 Å². The molecule has 2 aliphatic rings. The SMILES string of the molecule is CC1=CC(=O)[C@H]2CCCC[C@@H]2O1. The molecule has 1 heterocycles. The van der Waals surface area contributed by atoms with E-state index in [9.17, 15) is 4.79 Å². The van der Waals surface area contributed by atoms with Crippen molar-refractivity contribution in [3.8, 4) is 0 Å². The molecule has 0 aromatic heterocycles. The third-order valence-corrected chi connectivity index (χ3v) is 2.75. The van der Waals surface area contributed by atoms with Gasteiger partial charge >= 0.3 is 0 Å². The molecule has 0 aromatic rings. The standard InChI is InChI=1S/C10H14O2/c1-7-6-9(11)8-4-2-3-5-10(8)12-7/h6,8,10H,2-5H2,1H3/t8-,10+/m1/s1. The average molecular weight is 166 g/mol. The van der Waals surface area contributed by atoms with Gasteiger partial charge in [-0.05, 0) is 26.2 Å². The van der Waals surface area contributed by atoms with Gasteiger partial charge in [-0.15, -0.1) is 0 Å². The van der Waals surface area contributed by atoms with Gasteiger partial charge in [-0.25, -0.2) is 0 Å². The monoisotopic (exact) mass is 166 g/mol. The van der Waals surface area contributed by atoms with E-state index >= 15 is 0 Å². The van der Waals surface area contributed by atoms with E-state index in [-0.39, 0.29) is 17.8 Å². The molecule has 2 nitrogen and oxygen atoms in total. The molecule has 12 heavy (non-hydrogen) atoms. The zero-order valence-corrected chi connectivity index (χ0v) is 7.38. The van der Waals surface area contributed by atoms with Crippen LogP contribution in [0.2, 0.25) is 0 Å². The lowest BCUT2D eigenvalue weighted by Crippen LogP contribution is -2.35. The van der Waals surface area contributed by atoms with Crippen molar-refractivity contribution in [2.45, 2.75) is 38.7 Å². The lowest BCUT2D eigenvalue weighted by molar-refractivity contribution is -0.126. The fourth-order valence-corrected chi connectivity index (χ4v) is 2.14. The van der Waals surface area contributed by atoms with E-state index in [1.54, 1.807) is 6.08 Å². The highest BCUT2D eigenvalue weighted by atomic mass is 16.5. The minimum atomic E-state index is 0.169. The lowest BCUT2D eigenvalue weighted by atomic mass is 9.82. The fourth-order valence-electron chi connectivity index (χ4n) is 2.14. The quantitative estimate of drug-likeness (QED) is 0.550. The maximum atomic E-state index is 11.5. The molecule has 2 atom stereocenters. The van der Waals surface area contributed by atoms with Crippen molar-refractivity contribution in [2.75, 3.05) is 0 Å². The van der Waals surface area contributed by atoms with Gasteiger partial charge in [0.15, 0.2) is 5.78 Å². The van der Waals surface area contributed by atoms with Crippen LogP contribution >= 0.6 is 0 Å². The number of hydrogen-bond donors (Lipinski definition) is 0. The summed E-state index contributed by atoms with van der Waals surface area (Å²) in [4.78, 5) is 11.5. The molecule has 0 bridgehead atoms. The van der Waals surface area contributed by atoms with Gasteiger partial charge in [0.1, 0.15) is 6.10 Å². The van der Waals surface area contributed by atoms with E-state index in [1.807, 2.05) is 6.92 Å².